The van der Waals surface area contributed by atoms with Crippen molar-refractivity contribution in [2.24, 2.45) is 0 Å². The van der Waals surface area contributed by atoms with E-state index in [2.05, 4.69) is 26.6 Å². The van der Waals surface area contributed by atoms with Gasteiger partial charge in [-0.05, 0) is 62.9 Å². The van der Waals surface area contributed by atoms with Crippen LogP contribution in [0.5, 0.6) is 0 Å². The highest BCUT2D eigenvalue weighted by atomic mass is 32.2. The van der Waals surface area contributed by atoms with Gasteiger partial charge >= 0.3 is 0 Å². The Labute approximate surface area is 289 Å². The molecule has 13 heteroatoms. The monoisotopic (exact) mass is 692 g/mol. The smallest absolute Gasteiger partial charge is 0.251 e. The lowest BCUT2D eigenvalue weighted by molar-refractivity contribution is -0.129. The van der Waals surface area contributed by atoms with E-state index < -0.39 is 40.0 Å². The topological polar surface area (TPSA) is 166 Å². The number of hydrogen-bond donors (Lipinski definition) is 5. The first-order valence-corrected chi connectivity index (χ1v) is 18.2. The first-order chi connectivity index (χ1) is 23.2. The van der Waals surface area contributed by atoms with Crippen molar-refractivity contribution in [2.75, 3.05) is 30.7 Å². The molecule has 3 aromatic rings. The maximum Gasteiger partial charge on any atom is 0.251 e. The van der Waals surface area contributed by atoms with Crippen molar-refractivity contribution < 1.29 is 27.6 Å². The fourth-order valence-corrected chi connectivity index (χ4v) is 5.54. The Morgan fingerprint density at radius 2 is 1.35 bits per heavy atom. The van der Waals surface area contributed by atoms with Gasteiger partial charge in [-0.25, -0.2) is 8.42 Å². The number of benzene rings is 3. The van der Waals surface area contributed by atoms with Crippen molar-refractivity contribution in [1.29, 1.82) is 0 Å². The molecule has 264 valence electrons. The maximum atomic E-state index is 13.8. The van der Waals surface area contributed by atoms with E-state index in [0.29, 0.717) is 19.4 Å². The van der Waals surface area contributed by atoms with Crippen LogP contribution in [-0.2, 0) is 26.0 Å². The lowest BCUT2D eigenvalue weighted by atomic mass is 10.0. The van der Waals surface area contributed by atoms with Crippen LogP contribution in [0.15, 0.2) is 78.9 Å². The molecular formula is C36H48N6O6S. The first kappa shape index (κ1) is 38.7. The number of hydrogen-bond acceptors (Lipinski definition) is 7. The molecule has 0 radical (unpaired) electrons. The van der Waals surface area contributed by atoms with Gasteiger partial charge < -0.3 is 26.6 Å². The van der Waals surface area contributed by atoms with E-state index >= 15 is 0 Å². The zero-order valence-corrected chi connectivity index (χ0v) is 29.8. The van der Waals surface area contributed by atoms with Gasteiger partial charge in [-0.2, -0.15) is 0 Å². The van der Waals surface area contributed by atoms with Gasteiger partial charge in [0, 0.05) is 37.3 Å². The summed E-state index contributed by atoms with van der Waals surface area (Å²) >= 11 is 0. The van der Waals surface area contributed by atoms with Gasteiger partial charge in [-0.3, -0.25) is 23.5 Å². The summed E-state index contributed by atoms with van der Waals surface area (Å²) in [7, 11) is -2.37. The summed E-state index contributed by atoms with van der Waals surface area (Å²) < 4.78 is 25.9. The predicted octanol–water partition coefficient (Wildman–Crippen LogP) is 2.92. The van der Waals surface area contributed by atoms with Gasteiger partial charge in [-0.1, -0.05) is 67.6 Å². The Morgan fingerprint density at radius 3 is 1.90 bits per heavy atom. The summed E-state index contributed by atoms with van der Waals surface area (Å²) in [5.74, 6) is -1.63. The number of amides is 4. The quantitative estimate of drug-likeness (QED) is 0.145. The molecule has 12 nitrogen and oxygen atoms in total. The van der Waals surface area contributed by atoms with Crippen LogP contribution in [0.1, 0.15) is 72.0 Å². The molecule has 0 unspecified atom stereocenters. The highest BCUT2D eigenvalue weighted by Crippen LogP contribution is 2.22. The molecule has 3 aromatic carbocycles. The van der Waals surface area contributed by atoms with Crippen LogP contribution < -0.4 is 30.9 Å². The van der Waals surface area contributed by atoms with Gasteiger partial charge in [0.05, 0.1) is 24.0 Å². The van der Waals surface area contributed by atoms with E-state index in [1.54, 1.807) is 13.8 Å². The minimum atomic E-state index is -3.72. The van der Waals surface area contributed by atoms with Crippen molar-refractivity contribution in [3.63, 3.8) is 0 Å². The third-order valence-electron chi connectivity index (χ3n) is 8.07. The molecule has 3 rings (SSSR count). The average Bonchev–Trinajstić information content (AvgIpc) is 3.09. The second-order valence-corrected chi connectivity index (χ2v) is 14.0. The van der Waals surface area contributed by atoms with Crippen molar-refractivity contribution in [3.05, 3.63) is 101 Å². The fourth-order valence-electron chi connectivity index (χ4n) is 5.05. The molecule has 4 atom stereocenters. The van der Waals surface area contributed by atoms with Crippen LogP contribution in [0, 0.1) is 0 Å². The molecule has 49 heavy (non-hydrogen) atoms. The third-order valence-corrected chi connectivity index (χ3v) is 9.27. The summed E-state index contributed by atoms with van der Waals surface area (Å²) in [6.07, 6.45) is 1.87. The van der Waals surface area contributed by atoms with Crippen LogP contribution in [0.25, 0.3) is 0 Å². The molecule has 0 saturated carbocycles. The minimum Gasteiger partial charge on any atom is -0.355 e. The summed E-state index contributed by atoms with van der Waals surface area (Å²) in [4.78, 5) is 52.5. The van der Waals surface area contributed by atoms with E-state index in [-0.39, 0.29) is 41.2 Å². The highest BCUT2D eigenvalue weighted by molar-refractivity contribution is 7.92. The lowest BCUT2D eigenvalue weighted by Gasteiger charge is -2.24. The van der Waals surface area contributed by atoms with E-state index in [1.165, 1.54) is 25.2 Å². The van der Waals surface area contributed by atoms with Gasteiger partial charge in [-0.15, -0.1) is 0 Å². The van der Waals surface area contributed by atoms with Crippen LogP contribution >= 0.6 is 0 Å². The molecule has 0 fully saturated rings. The zero-order valence-electron chi connectivity index (χ0n) is 28.9. The molecular weight excluding hydrogens is 644 g/mol. The summed E-state index contributed by atoms with van der Waals surface area (Å²) in [5, 5.41) is 14.6. The molecule has 0 aliphatic carbocycles. The summed E-state index contributed by atoms with van der Waals surface area (Å²) in [5.41, 5.74) is 2.17. The highest BCUT2D eigenvalue weighted by Gasteiger charge is 2.24. The van der Waals surface area contributed by atoms with E-state index in [0.717, 1.165) is 21.7 Å². The van der Waals surface area contributed by atoms with Crippen LogP contribution in [0.2, 0.25) is 0 Å². The van der Waals surface area contributed by atoms with Gasteiger partial charge in [0.2, 0.25) is 21.8 Å². The van der Waals surface area contributed by atoms with Gasteiger partial charge in [0.1, 0.15) is 6.04 Å². The molecule has 0 spiro atoms. The number of nitrogens with zero attached hydrogens (tertiary/aromatic N) is 1. The largest absolute Gasteiger partial charge is 0.355 e. The SMILES string of the molecule is CCNC(=O)[C@H](CC)NC(=O)[C@H](C)NC[C@H](Cc1ccccc1)NC(=O)c1cc(C(=O)N[C@H](C)c2ccccc2)cc(N(C)S(C)(=O)=O)c1. The normalized spacial score (nSPS) is 13.7. The zero-order chi connectivity index (χ0) is 36.1. The second kappa shape index (κ2) is 18.1. The van der Waals surface area contributed by atoms with Crippen LogP contribution in [0.4, 0.5) is 5.69 Å². The maximum absolute atomic E-state index is 13.8. The molecule has 4 amide bonds. The molecule has 0 heterocycles. The van der Waals surface area contributed by atoms with Crippen molar-refractivity contribution in [3.8, 4) is 0 Å². The van der Waals surface area contributed by atoms with E-state index in [4.69, 9.17) is 0 Å². The summed E-state index contributed by atoms with van der Waals surface area (Å²) in [6.45, 7) is 7.76. The Hall–Kier alpha value is -4.75. The van der Waals surface area contributed by atoms with Crippen LogP contribution in [0.3, 0.4) is 0 Å². The third kappa shape index (κ3) is 11.7. The van der Waals surface area contributed by atoms with Crippen molar-refractivity contribution >= 4 is 39.3 Å². The Bertz CT molecular complexity index is 1690. The lowest BCUT2D eigenvalue weighted by Crippen LogP contribution is -2.53. The molecule has 0 bridgehead atoms. The Morgan fingerprint density at radius 1 is 0.776 bits per heavy atom. The molecule has 0 saturated heterocycles. The number of anilines is 1. The number of carbonyl (C=O) groups is 4. The van der Waals surface area contributed by atoms with Gasteiger partial charge in [0.25, 0.3) is 11.8 Å². The van der Waals surface area contributed by atoms with Crippen LogP contribution in [-0.4, -0.2) is 76.6 Å². The first-order valence-electron chi connectivity index (χ1n) is 16.3. The average molecular weight is 693 g/mol. The Balaban J connectivity index is 1.86. The second-order valence-electron chi connectivity index (χ2n) is 12.0. The fraction of sp³-hybridized carbons (Fsp3) is 0.389. The molecule has 0 aliphatic heterocycles. The number of carbonyl (C=O) groups excluding carboxylic acids is 4. The Kier molecular flexibility index (Phi) is 14.3. The predicted molar refractivity (Wildman–Crippen MR) is 192 cm³/mol. The molecule has 0 aliphatic rings. The minimum absolute atomic E-state index is 0.0853. The number of sulfonamides is 1. The molecule has 5 N–H and O–H groups in total. The number of likely N-dealkylation sites (N-methyl/N-ethyl adjacent to an activating group) is 1. The van der Waals surface area contributed by atoms with Crippen molar-refractivity contribution in [2.45, 2.75) is 64.7 Å². The summed E-state index contributed by atoms with van der Waals surface area (Å²) in [6, 6.07) is 20.9. The van der Waals surface area contributed by atoms with Crippen molar-refractivity contribution in [1.82, 2.24) is 26.6 Å². The number of nitrogens with one attached hydrogen (secondary N) is 5. The van der Waals surface area contributed by atoms with E-state index in [1.807, 2.05) is 74.5 Å². The van der Waals surface area contributed by atoms with E-state index in [9.17, 15) is 27.6 Å². The standard InChI is InChI=1S/C36H48N6O6S/c1-7-32(36(46)37-8-2)41-33(43)25(4)38-23-30(19-26-15-11-9-12-16-26)40-35(45)29-20-28(21-31(22-29)42(5)49(6,47)48)34(44)39-24(3)27-17-13-10-14-18-27/h9-18,20-22,24-25,30,32,38H,7-8,19,23H2,1-6H3,(H,37,46)(H,39,44)(H,40,45)(H,41,43)/t24-,25+,30+,32+/m1/s1. The van der Waals surface area contributed by atoms with Gasteiger partial charge in [0.15, 0.2) is 0 Å². The number of rotatable bonds is 17. The molecule has 0 aromatic heterocycles.